The zero-order valence-corrected chi connectivity index (χ0v) is 14.3. The van der Waals surface area contributed by atoms with E-state index >= 15 is 0 Å². The van der Waals surface area contributed by atoms with Gasteiger partial charge in [0.2, 0.25) is 0 Å². The predicted molar refractivity (Wildman–Crippen MR) is 86.9 cm³/mol. The molecule has 0 aliphatic carbocycles. The topological polar surface area (TPSA) is 62.3 Å². The van der Waals surface area contributed by atoms with E-state index in [1.807, 2.05) is 13.8 Å². The number of pyridine rings is 1. The smallest absolute Gasteiger partial charge is 0.262 e. The van der Waals surface area contributed by atoms with E-state index in [1.165, 1.54) is 10.5 Å². The maximum Gasteiger partial charge on any atom is 0.262 e. The van der Waals surface area contributed by atoms with Gasteiger partial charge in [-0.3, -0.25) is 0 Å². The van der Waals surface area contributed by atoms with Crippen LogP contribution in [-0.4, -0.2) is 37.3 Å². The number of hydrogen-bond acceptors (Lipinski definition) is 4. The van der Waals surface area contributed by atoms with Gasteiger partial charge in [-0.25, -0.2) is 13.4 Å². The Morgan fingerprint density at radius 1 is 1.24 bits per heavy atom. The Morgan fingerprint density at radius 3 is 2.43 bits per heavy atom. The Bertz CT molecular complexity index is 527. The summed E-state index contributed by atoms with van der Waals surface area (Å²) >= 11 is 0. The first kappa shape index (κ1) is 17.9. The van der Waals surface area contributed by atoms with Gasteiger partial charge >= 0.3 is 0 Å². The quantitative estimate of drug-likeness (QED) is 0.761. The van der Waals surface area contributed by atoms with E-state index in [0.717, 1.165) is 12.8 Å². The summed E-state index contributed by atoms with van der Waals surface area (Å²) in [5.41, 5.74) is 0.572. The molecule has 0 saturated heterocycles. The molecule has 0 saturated carbocycles. The van der Waals surface area contributed by atoms with Crippen LogP contribution in [0.2, 0.25) is 0 Å². The number of aromatic nitrogens is 1. The molecule has 1 heterocycles. The van der Waals surface area contributed by atoms with Crippen molar-refractivity contribution in [2.75, 3.05) is 25.0 Å². The molecule has 1 rings (SSSR count). The highest BCUT2D eigenvalue weighted by Gasteiger charge is 2.28. The largest absolute Gasteiger partial charge is 0.383 e. The molecule has 5 nitrogen and oxygen atoms in total. The van der Waals surface area contributed by atoms with Crippen LogP contribution in [-0.2, 0) is 10.0 Å². The predicted octanol–water partition coefficient (Wildman–Crippen LogP) is 2.96. The second kappa shape index (κ2) is 8.34. The molecule has 0 fully saturated rings. The first-order valence-corrected chi connectivity index (χ1v) is 9.14. The summed E-state index contributed by atoms with van der Waals surface area (Å²) in [6, 6.07) is 3.50. The van der Waals surface area contributed by atoms with E-state index < -0.39 is 10.0 Å². The molecule has 1 aromatic heterocycles. The van der Waals surface area contributed by atoms with Gasteiger partial charge in [-0.2, -0.15) is 4.31 Å². The summed E-state index contributed by atoms with van der Waals surface area (Å²) in [5.74, 6) is 0.381. The van der Waals surface area contributed by atoms with Crippen LogP contribution in [0, 0.1) is 5.92 Å². The number of rotatable bonds is 9. The lowest BCUT2D eigenvalue weighted by Crippen LogP contribution is -2.36. The zero-order valence-electron chi connectivity index (χ0n) is 13.5. The molecule has 21 heavy (non-hydrogen) atoms. The number of sulfonamides is 1. The van der Waals surface area contributed by atoms with Crippen molar-refractivity contribution < 1.29 is 8.42 Å². The van der Waals surface area contributed by atoms with Gasteiger partial charge in [0.25, 0.3) is 10.0 Å². The summed E-state index contributed by atoms with van der Waals surface area (Å²) in [6.45, 7) is 9.67. The second-order valence-corrected chi connectivity index (χ2v) is 6.88. The monoisotopic (exact) mass is 313 g/mol. The van der Waals surface area contributed by atoms with Crippen LogP contribution < -0.4 is 5.32 Å². The Labute approximate surface area is 128 Å². The van der Waals surface area contributed by atoms with Crippen LogP contribution in [0.5, 0.6) is 0 Å². The molecule has 0 aliphatic rings. The van der Waals surface area contributed by atoms with Crippen LogP contribution in [0.4, 0.5) is 5.69 Å². The Hall–Kier alpha value is -1.14. The third-order valence-electron chi connectivity index (χ3n) is 3.69. The van der Waals surface area contributed by atoms with Gasteiger partial charge in [0.15, 0.2) is 5.03 Å². The van der Waals surface area contributed by atoms with Crippen molar-refractivity contribution in [1.82, 2.24) is 9.29 Å². The van der Waals surface area contributed by atoms with Gasteiger partial charge in [-0.05, 0) is 25.0 Å². The van der Waals surface area contributed by atoms with Crippen molar-refractivity contribution in [2.24, 2.45) is 5.92 Å². The first-order valence-electron chi connectivity index (χ1n) is 7.70. The van der Waals surface area contributed by atoms with Crippen LogP contribution in [0.25, 0.3) is 0 Å². The maximum absolute atomic E-state index is 12.8. The molecule has 1 N–H and O–H groups in total. The highest BCUT2D eigenvalue weighted by Crippen LogP contribution is 2.23. The molecule has 0 amide bonds. The van der Waals surface area contributed by atoms with Crippen molar-refractivity contribution in [2.45, 2.75) is 45.6 Å². The summed E-state index contributed by atoms with van der Waals surface area (Å²) < 4.78 is 27.2. The number of nitrogens with one attached hydrogen (secondary N) is 1. The SMILES string of the molecule is CCNc1cccnc1S(=O)(=O)N(CC)CC(CC)CC. The fraction of sp³-hybridized carbons (Fsp3) is 0.667. The molecule has 0 aliphatic heterocycles. The van der Waals surface area contributed by atoms with Gasteiger partial charge in [-0.15, -0.1) is 0 Å². The molecular weight excluding hydrogens is 286 g/mol. The van der Waals surface area contributed by atoms with Crippen LogP contribution in [0.3, 0.4) is 0 Å². The Kier molecular flexibility index (Phi) is 7.11. The molecule has 0 radical (unpaired) electrons. The van der Waals surface area contributed by atoms with Crippen LogP contribution >= 0.6 is 0 Å². The average molecular weight is 313 g/mol. The fourth-order valence-corrected chi connectivity index (χ4v) is 3.88. The van der Waals surface area contributed by atoms with Crippen LogP contribution in [0.1, 0.15) is 40.5 Å². The fourth-order valence-electron chi connectivity index (χ4n) is 2.28. The minimum absolute atomic E-state index is 0.125. The van der Waals surface area contributed by atoms with Gasteiger partial charge in [0.05, 0.1) is 5.69 Å². The van der Waals surface area contributed by atoms with E-state index in [-0.39, 0.29) is 5.03 Å². The lowest BCUT2D eigenvalue weighted by atomic mass is 10.0. The van der Waals surface area contributed by atoms with Gasteiger partial charge in [0.1, 0.15) is 0 Å². The summed E-state index contributed by atoms with van der Waals surface area (Å²) in [4.78, 5) is 4.10. The van der Waals surface area contributed by atoms with Crippen molar-refractivity contribution >= 4 is 15.7 Å². The summed E-state index contributed by atoms with van der Waals surface area (Å²) in [6.07, 6.45) is 3.48. The average Bonchev–Trinajstić information content (AvgIpc) is 2.49. The Balaban J connectivity index is 3.12. The van der Waals surface area contributed by atoms with Crippen molar-refractivity contribution in [3.8, 4) is 0 Å². The van der Waals surface area contributed by atoms with E-state index in [2.05, 4.69) is 24.1 Å². The maximum atomic E-state index is 12.8. The third kappa shape index (κ3) is 4.41. The van der Waals surface area contributed by atoms with Gasteiger partial charge in [0, 0.05) is 25.8 Å². The van der Waals surface area contributed by atoms with E-state index in [9.17, 15) is 8.42 Å². The standard InChI is InChI=1S/C15H27N3O2S/c1-5-13(6-2)12-18(8-4)21(19,20)15-14(16-7-3)10-9-11-17-15/h9-11,13,16H,5-8,12H2,1-4H3. The second-order valence-electron chi connectivity index (χ2n) is 5.02. The van der Waals surface area contributed by atoms with Crippen molar-refractivity contribution in [3.63, 3.8) is 0 Å². The van der Waals surface area contributed by atoms with E-state index in [0.29, 0.717) is 31.2 Å². The molecule has 0 atom stereocenters. The minimum Gasteiger partial charge on any atom is -0.383 e. The molecule has 0 spiro atoms. The molecule has 1 aromatic rings. The number of anilines is 1. The number of nitrogens with zero attached hydrogens (tertiary/aromatic N) is 2. The lowest BCUT2D eigenvalue weighted by Gasteiger charge is -2.25. The van der Waals surface area contributed by atoms with Crippen molar-refractivity contribution in [1.29, 1.82) is 0 Å². The summed E-state index contributed by atoms with van der Waals surface area (Å²) in [7, 11) is -3.56. The molecular formula is C15H27N3O2S. The summed E-state index contributed by atoms with van der Waals surface area (Å²) in [5, 5.41) is 3.20. The lowest BCUT2D eigenvalue weighted by molar-refractivity contribution is 0.338. The van der Waals surface area contributed by atoms with E-state index in [4.69, 9.17) is 0 Å². The van der Waals surface area contributed by atoms with Gasteiger partial charge in [-0.1, -0.05) is 33.6 Å². The van der Waals surface area contributed by atoms with E-state index in [1.54, 1.807) is 12.1 Å². The zero-order chi connectivity index (χ0) is 15.9. The molecule has 6 heteroatoms. The van der Waals surface area contributed by atoms with Gasteiger partial charge < -0.3 is 5.32 Å². The third-order valence-corrected chi connectivity index (χ3v) is 5.59. The normalized spacial score (nSPS) is 12.1. The first-order chi connectivity index (χ1) is 10.0. The molecule has 120 valence electrons. The minimum atomic E-state index is -3.56. The molecule has 0 bridgehead atoms. The molecule has 0 unspecified atom stereocenters. The van der Waals surface area contributed by atoms with Crippen molar-refractivity contribution in [3.05, 3.63) is 18.3 Å². The molecule has 0 aromatic carbocycles. The number of hydrogen-bond donors (Lipinski definition) is 1. The van der Waals surface area contributed by atoms with Crippen LogP contribution in [0.15, 0.2) is 23.4 Å². The Morgan fingerprint density at radius 2 is 1.90 bits per heavy atom. The highest BCUT2D eigenvalue weighted by atomic mass is 32.2. The highest BCUT2D eigenvalue weighted by molar-refractivity contribution is 7.89.